The van der Waals surface area contributed by atoms with Crippen molar-refractivity contribution in [3.63, 3.8) is 0 Å². The molecule has 6 nitrogen and oxygen atoms in total. The van der Waals surface area contributed by atoms with Gasteiger partial charge in [-0.2, -0.15) is 0 Å². The van der Waals surface area contributed by atoms with E-state index in [1.807, 2.05) is 36.4 Å². The van der Waals surface area contributed by atoms with Crippen molar-refractivity contribution in [3.05, 3.63) is 54.4 Å². The Morgan fingerprint density at radius 1 is 1.07 bits per heavy atom. The lowest BCUT2D eigenvalue weighted by atomic mass is 9.99. The fourth-order valence-electron chi connectivity index (χ4n) is 3.81. The fourth-order valence-corrected chi connectivity index (χ4v) is 5.34. The minimum absolute atomic E-state index is 0.251. The van der Waals surface area contributed by atoms with Crippen molar-refractivity contribution in [1.82, 2.24) is 14.7 Å². The van der Waals surface area contributed by atoms with Gasteiger partial charge in [0.15, 0.2) is 5.78 Å². The van der Waals surface area contributed by atoms with Gasteiger partial charge in [-0.3, -0.25) is 4.79 Å². The van der Waals surface area contributed by atoms with Gasteiger partial charge in [0.1, 0.15) is 0 Å². The van der Waals surface area contributed by atoms with Crippen LogP contribution in [0.4, 0.5) is 0 Å². The Bertz CT molecular complexity index is 1080. The van der Waals surface area contributed by atoms with Crippen LogP contribution in [0.25, 0.3) is 22.2 Å². The first-order valence-electron chi connectivity index (χ1n) is 9.59. The summed E-state index contributed by atoms with van der Waals surface area (Å²) in [5, 5.41) is -0.393. The van der Waals surface area contributed by atoms with Crippen LogP contribution in [0.3, 0.4) is 0 Å². The number of nitrogens with one attached hydrogen (secondary N) is 2. The number of sulfonamides is 1. The summed E-state index contributed by atoms with van der Waals surface area (Å²) in [5.41, 5.74) is 3.59. The number of aromatic nitrogens is 2. The van der Waals surface area contributed by atoms with E-state index in [1.54, 1.807) is 12.4 Å². The van der Waals surface area contributed by atoms with Crippen LogP contribution < -0.4 is 4.72 Å². The Balaban J connectivity index is 1.59. The van der Waals surface area contributed by atoms with Crippen molar-refractivity contribution in [2.75, 3.05) is 6.54 Å². The maximum atomic E-state index is 12.9. The number of fused-ring (bicyclic) bond motifs is 1. The third-order valence-electron chi connectivity index (χ3n) is 5.36. The minimum Gasteiger partial charge on any atom is -0.345 e. The van der Waals surface area contributed by atoms with Gasteiger partial charge in [-0.15, -0.1) is 0 Å². The quantitative estimate of drug-likeness (QED) is 0.621. The van der Waals surface area contributed by atoms with Gasteiger partial charge in [0.2, 0.25) is 10.0 Å². The number of carbonyl (C=O) groups excluding carboxylic acids is 1. The second-order valence-electron chi connectivity index (χ2n) is 7.24. The first-order chi connectivity index (χ1) is 13.5. The zero-order chi connectivity index (χ0) is 19.6. The van der Waals surface area contributed by atoms with Crippen molar-refractivity contribution >= 4 is 26.8 Å². The molecular weight excluding hydrogens is 374 g/mol. The summed E-state index contributed by atoms with van der Waals surface area (Å²) in [6, 6.07) is 13.5. The van der Waals surface area contributed by atoms with Crippen LogP contribution in [0.5, 0.6) is 0 Å². The molecular formula is C21H23N3O3S. The van der Waals surface area contributed by atoms with E-state index in [1.165, 1.54) is 0 Å². The van der Waals surface area contributed by atoms with Crippen molar-refractivity contribution in [2.45, 2.75) is 37.4 Å². The molecule has 0 saturated heterocycles. The molecule has 1 aliphatic rings. The summed E-state index contributed by atoms with van der Waals surface area (Å²) in [5.74, 6) is -0.283. The van der Waals surface area contributed by atoms with E-state index in [2.05, 4.69) is 14.7 Å². The normalized spacial score (nSPS) is 15.7. The van der Waals surface area contributed by atoms with E-state index >= 15 is 0 Å². The molecule has 3 aromatic rings. The predicted octanol–water partition coefficient (Wildman–Crippen LogP) is 3.66. The van der Waals surface area contributed by atoms with E-state index in [0.717, 1.165) is 35.9 Å². The van der Waals surface area contributed by atoms with Crippen molar-refractivity contribution in [3.8, 4) is 11.1 Å². The van der Waals surface area contributed by atoms with Crippen molar-refractivity contribution in [2.24, 2.45) is 0 Å². The second kappa shape index (κ2) is 7.85. The zero-order valence-corrected chi connectivity index (χ0v) is 16.3. The Morgan fingerprint density at radius 2 is 1.82 bits per heavy atom. The number of ketones is 1. The smallest absolute Gasteiger partial charge is 0.214 e. The number of hydrogen-bond acceptors (Lipinski definition) is 4. The minimum atomic E-state index is -3.49. The monoisotopic (exact) mass is 397 g/mol. The first kappa shape index (κ1) is 18.8. The molecule has 4 rings (SSSR count). The van der Waals surface area contributed by atoms with E-state index < -0.39 is 15.3 Å². The van der Waals surface area contributed by atoms with Gasteiger partial charge in [0.05, 0.1) is 29.2 Å². The number of Topliss-reactive ketones (excluding diaryl/α,β-unsaturated/α-hetero) is 1. The molecule has 2 aromatic carbocycles. The summed E-state index contributed by atoms with van der Waals surface area (Å²) >= 11 is 0. The maximum absolute atomic E-state index is 12.9. The lowest BCUT2D eigenvalue weighted by molar-refractivity contribution is 0.0998. The van der Waals surface area contributed by atoms with Crippen LogP contribution >= 0.6 is 0 Å². The molecule has 1 fully saturated rings. The third-order valence-corrected chi connectivity index (χ3v) is 7.25. The molecule has 1 aliphatic carbocycles. The largest absolute Gasteiger partial charge is 0.345 e. The van der Waals surface area contributed by atoms with Gasteiger partial charge in [-0.1, -0.05) is 49.6 Å². The van der Waals surface area contributed by atoms with Gasteiger partial charge in [-0.25, -0.2) is 18.1 Å². The average Bonchev–Trinajstić information content (AvgIpc) is 3.21. The highest BCUT2D eigenvalue weighted by Crippen LogP contribution is 2.27. The Hall–Kier alpha value is -2.51. The highest BCUT2D eigenvalue weighted by Gasteiger charge is 2.28. The lowest BCUT2D eigenvalue weighted by Gasteiger charge is -2.21. The number of hydrogen-bond donors (Lipinski definition) is 2. The van der Waals surface area contributed by atoms with Crippen LogP contribution in [-0.2, 0) is 10.0 Å². The summed E-state index contributed by atoms with van der Waals surface area (Å²) in [7, 11) is -3.49. The van der Waals surface area contributed by atoms with Crippen LogP contribution in [0.15, 0.2) is 48.8 Å². The second-order valence-corrected chi connectivity index (χ2v) is 9.28. The summed E-state index contributed by atoms with van der Waals surface area (Å²) in [6.45, 7) is -0.251. The molecule has 0 aliphatic heterocycles. The van der Waals surface area contributed by atoms with E-state index in [-0.39, 0.29) is 12.3 Å². The maximum Gasteiger partial charge on any atom is 0.214 e. The molecule has 0 atom stereocenters. The van der Waals surface area contributed by atoms with E-state index in [9.17, 15) is 13.2 Å². The van der Waals surface area contributed by atoms with Crippen LogP contribution in [0.1, 0.15) is 42.5 Å². The molecule has 1 saturated carbocycles. The summed E-state index contributed by atoms with van der Waals surface area (Å²) in [4.78, 5) is 20.2. The molecule has 0 amide bonds. The topological polar surface area (TPSA) is 91.9 Å². The van der Waals surface area contributed by atoms with Crippen LogP contribution in [-0.4, -0.2) is 36.0 Å². The Morgan fingerprint density at radius 3 is 2.57 bits per heavy atom. The van der Waals surface area contributed by atoms with Crippen molar-refractivity contribution in [1.29, 1.82) is 0 Å². The van der Waals surface area contributed by atoms with Gasteiger partial charge in [-0.05, 0) is 36.1 Å². The summed E-state index contributed by atoms with van der Waals surface area (Å²) < 4.78 is 27.6. The molecule has 2 N–H and O–H groups in total. The van der Waals surface area contributed by atoms with Gasteiger partial charge in [0, 0.05) is 5.56 Å². The molecule has 0 radical (unpaired) electrons. The Kier molecular flexibility index (Phi) is 5.28. The van der Waals surface area contributed by atoms with Crippen molar-refractivity contribution < 1.29 is 13.2 Å². The van der Waals surface area contributed by atoms with E-state index in [0.29, 0.717) is 23.9 Å². The fraction of sp³-hybridized carbons (Fsp3) is 0.333. The molecule has 146 valence electrons. The van der Waals surface area contributed by atoms with Crippen LogP contribution in [0.2, 0.25) is 0 Å². The van der Waals surface area contributed by atoms with Gasteiger partial charge in [0.25, 0.3) is 0 Å². The number of carbonyl (C=O) groups is 1. The highest BCUT2D eigenvalue weighted by molar-refractivity contribution is 7.90. The molecule has 7 heteroatoms. The molecule has 1 heterocycles. The lowest BCUT2D eigenvalue weighted by Crippen LogP contribution is -2.38. The van der Waals surface area contributed by atoms with Crippen LogP contribution in [0, 0.1) is 0 Å². The molecule has 1 aromatic heterocycles. The highest BCUT2D eigenvalue weighted by atomic mass is 32.2. The van der Waals surface area contributed by atoms with E-state index in [4.69, 9.17) is 0 Å². The first-order valence-corrected chi connectivity index (χ1v) is 11.1. The molecule has 0 unspecified atom stereocenters. The standard InChI is InChI=1S/C21H23N3O3S/c25-20(13-24-28(26,27)17-9-5-2-6-10-17)18-11-16(15-7-3-1-4-8-15)12-19-21(18)23-14-22-19/h1,3-4,7-8,11-12,14,17,24H,2,5-6,9-10,13H2,(H,22,23). The Labute approximate surface area is 164 Å². The van der Waals surface area contributed by atoms with Gasteiger partial charge >= 0.3 is 0 Å². The number of imidazole rings is 1. The average molecular weight is 398 g/mol. The zero-order valence-electron chi connectivity index (χ0n) is 15.5. The number of H-pyrrole nitrogens is 1. The van der Waals surface area contributed by atoms with Gasteiger partial charge < -0.3 is 4.98 Å². The predicted molar refractivity (Wildman–Crippen MR) is 110 cm³/mol. The number of benzene rings is 2. The third kappa shape index (κ3) is 3.86. The molecule has 28 heavy (non-hydrogen) atoms. The molecule has 0 bridgehead atoms. The SMILES string of the molecule is O=C(CNS(=O)(=O)C1CCCCC1)c1cc(-c2ccccc2)cc2[nH]cnc12. The number of aromatic amines is 1. The number of rotatable bonds is 6. The number of nitrogens with zero attached hydrogens (tertiary/aromatic N) is 1. The molecule has 0 spiro atoms. The summed E-state index contributed by atoms with van der Waals surface area (Å²) in [6.07, 6.45) is 5.79.